The normalized spacial score (nSPS) is 12.2. The average Bonchev–Trinajstić information content (AvgIpc) is 2.40. The van der Waals surface area contributed by atoms with Gasteiger partial charge in [0.1, 0.15) is 0 Å². The Morgan fingerprint density at radius 3 is 2.17 bits per heavy atom. The molecule has 0 atom stereocenters. The minimum absolute atomic E-state index is 0.133. The number of aromatic nitrogens is 2. The van der Waals surface area contributed by atoms with Gasteiger partial charge >= 0.3 is 18.3 Å². The highest BCUT2D eigenvalue weighted by Gasteiger charge is 2.42. The quantitative estimate of drug-likeness (QED) is 0.607. The van der Waals surface area contributed by atoms with Gasteiger partial charge in [-0.15, -0.1) is 0 Å². The lowest BCUT2D eigenvalue weighted by atomic mass is 10.2. The van der Waals surface area contributed by atoms with Crippen LogP contribution in [0.3, 0.4) is 0 Å². The first-order valence-corrected chi connectivity index (χ1v) is 6.44. The zero-order valence-electron chi connectivity index (χ0n) is 12.1. The molecule has 0 radical (unpaired) electrons. The van der Waals surface area contributed by atoms with Crippen molar-refractivity contribution >= 4 is 11.9 Å². The van der Waals surface area contributed by atoms with Crippen molar-refractivity contribution < 1.29 is 35.9 Å². The van der Waals surface area contributed by atoms with E-state index in [1.54, 1.807) is 13.8 Å². The van der Waals surface area contributed by atoms with Crippen LogP contribution in [0.2, 0.25) is 0 Å². The number of carbonyl (C=O) groups excluding carboxylic acids is 1. The van der Waals surface area contributed by atoms with Gasteiger partial charge in [-0.3, -0.25) is 0 Å². The summed E-state index contributed by atoms with van der Waals surface area (Å²) in [5, 5.41) is 0. The van der Waals surface area contributed by atoms with E-state index in [9.17, 15) is 31.1 Å². The molecule has 23 heavy (non-hydrogen) atoms. The minimum Gasteiger partial charge on any atom is -0.400 e. The van der Waals surface area contributed by atoms with Gasteiger partial charge in [-0.2, -0.15) is 31.3 Å². The summed E-state index contributed by atoms with van der Waals surface area (Å²) in [5.74, 6) is -3.84. The van der Waals surface area contributed by atoms with Gasteiger partial charge in [0.2, 0.25) is 11.8 Å². The van der Waals surface area contributed by atoms with Crippen LogP contribution in [0.5, 0.6) is 5.88 Å². The maximum atomic E-state index is 12.5. The number of carbonyl (C=O) groups is 1. The number of esters is 1. The maximum absolute atomic E-state index is 12.5. The zero-order chi connectivity index (χ0) is 17.8. The first kappa shape index (κ1) is 19.0. The Morgan fingerprint density at radius 1 is 1.17 bits per heavy atom. The Kier molecular flexibility index (Phi) is 5.78. The van der Waals surface area contributed by atoms with E-state index in [2.05, 4.69) is 14.7 Å². The van der Waals surface area contributed by atoms with Gasteiger partial charge in [0.25, 0.3) is 0 Å². The van der Waals surface area contributed by atoms with Gasteiger partial charge in [-0.05, 0) is 13.8 Å². The second-order valence-electron chi connectivity index (χ2n) is 4.35. The average molecular weight is 345 g/mol. The van der Waals surface area contributed by atoms with Crippen molar-refractivity contribution in [1.82, 2.24) is 9.97 Å². The van der Waals surface area contributed by atoms with E-state index in [1.165, 1.54) is 4.90 Å². The summed E-state index contributed by atoms with van der Waals surface area (Å²) in [4.78, 5) is 19.5. The van der Waals surface area contributed by atoms with Crippen LogP contribution in [0, 0.1) is 0 Å². The highest BCUT2D eigenvalue weighted by molar-refractivity contribution is 5.78. The number of alkyl halides is 6. The van der Waals surface area contributed by atoms with Crippen LogP contribution in [-0.4, -0.2) is 41.4 Å². The number of nitrogens with zero attached hydrogens (tertiary/aromatic N) is 3. The van der Waals surface area contributed by atoms with Gasteiger partial charge < -0.3 is 9.64 Å². The van der Waals surface area contributed by atoms with Crippen molar-refractivity contribution in [2.75, 3.05) is 18.0 Å². The molecular formula is C12H13F6N3O2. The van der Waals surface area contributed by atoms with Crippen molar-refractivity contribution in [2.45, 2.75) is 32.6 Å². The number of rotatable bonds is 5. The molecule has 0 unspecified atom stereocenters. The van der Waals surface area contributed by atoms with E-state index >= 15 is 0 Å². The Morgan fingerprint density at radius 2 is 1.74 bits per heavy atom. The summed E-state index contributed by atoms with van der Waals surface area (Å²) in [7, 11) is 0. The monoisotopic (exact) mass is 345 g/mol. The van der Waals surface area contributed by atoms with Crippen LogP contribution in [0.4, 0.5) is 32.3 Å². The fourth-order valence-corrected chi connectivity index (χ4v) is 1.61. The van der Waals surface area contributed by atoms with Crippen LogP contribution in [0.15, 0.2) is 6.20 Å². The van der Waals surface area contributed by atoms with Crippen molar-refractivity contribution in [3.8, 4) is 5.88 Å². The predicted molar refractivity (Wildman–Crippen MR) is 67.0 cm³/mol. The molecule has 5 nitrogen and oxygen atoms in total. The highest BCUT2D eigenvalue weighted by atomic mass is 19.4. The second kappa shape index (κ2) is 7.01. The summed E-state index contributed by atoms with van der Waals surface area (Å²) >= 11 is 0. The van der Waals surface area contributed by atoms with Crippen LogP contribution >= 0.6 is 0 Å². The molecule has 130 valence electrons. The number of hydrogen-bond acceptors (Lipinski definition) is 5. The van der Waals surface area contributed by atoms with E-state index in [4.69, 9.17) is 0 Å². The van der Waals surface area contributed by atoms with Gasteiger partial charge in [-0.25, -0.2) is 9.78 Å². The molecule has 0 saturated heterocycles. The number of anilines is 1. The Balaban J connectivity index is 3.23. The molecule has 0 aliphatic heterocycles. The molecule has 0 bridgehead atoms. The SMILES string of the molecule is CCN(CC)c1ncc(CC(F)(F)F)c(OC(=O)C(F)(F)F)n1. The van der Waals surface area contributed by atoms with Crippen molar-refractivity contribution in [3.05, 3.63) is 11.8 Å². The Hall–Kier alpha value is -2.07. The van der Waals surface area contributed by atoms with E-state index < -0.39 is 36.2 Å². The first-order chi connectivity index (χ1) is 10.5. The van der Waals surface area contributed by atoms with Gasteiger partial charge in [0.15, 0.2) is 0 Å². The molecule has 0 N–H and O–H groups in total. The molecule has 1 aromatic rings. The van der Waals surface area contributed by atoms with Crippen LogP contribution in [0.1, 0.15) is 19.4 Å². The topological polar surface area (TPSA) is 55.3 Å². The highest BCUT2D eigenvalue weighted by Crippen LogP contribution is 2.29. The van der Waals surface area contributed by atoms with Crippen molar-refractivity contribution in [3.63, 3.8) is 0 Å². The predicted octanol–water partition coefficient (Wildman–Crippen LogP) is 2.90. The zero-order valence-corrected chi connectivity index (χ0v) is 12.1. The third-order valence-electron chi connectivity index (χ3n) is 2.67. The van der Waals surface area contributed by atoms with E-state index in [1.807, 2.05) is 0 Å². The van der Waals surface area contributed by atoms with Crippen LogP contribution < -0.4 is 9.64 Å². The lowest BCUT2D eigenvalue weighted by molar-refractivity contribution is -0.190. The maximum Gasteiger partial charge on any atom is 0.491 e. The lowest BCUT2D eigenvalue weighted by Crippen LogP contribution is -2.30. The molecule has 0 aromatic carbocycles. The smallest absolute Gasteiger partial charge is 0.400 e. The van der Waals surface area contributed by atoms with Gasteiger partial charge in [0, 0.05) is 24.8 Å². The molecule has 0 aliphatic carbocycles. The molecule has 11 heteroatoms. The van der Waals surface area contributed by atoms with E-state index in [-0.39, 0.29) is 5.95 Å². The lowest BCUT2D eigenvalue weighted by Gasteiger charge is -2.20. The van der Waals surface area contributed by atoms with Crippen molar-refractivity contribution in [1.29, 1.82) is 0 Å². The fourth-order valence-electron chi connectivity index (χ4n) is 1.61. The molecule has 1 rings (SSSR count). The fraction of sp³-hybridized carbons (Fsp3) is 0.583. The number of halogens is 6. The minimum atomic E-state index is -5.35. The molecular weight excluding hydrogens is 332 g/mol. The summed E-state index contributed by atoms with van der Waals surface area (Å²) < 4.78 is 78.1. The summed E-state index contributed by atoms with van der Waals surface area (Å²) in [5.41, 5.74) is -0.758. The van der Waals surface area contributed by atoms with E-state index in [0.717, 1.165) is 0 Å². The standard InChI is InChI=1S/C12H13F6N3O2/c1-3-21(4-2)10-19-6-7(5-11(13,14)15)8(20-10)23-9(22)12(16,17)18/h6H,3-5H2,1-2H3. The van der Waals surface area contributed by atoms with E-state index in [0.29, 0.717) is 19.3 Å². The summed E-state index contributed by atoms with van der Waals surface area (Å²) in [6.45, 7) is 4.11. The Labute approximate surface area is 127 Å². The third-order valence-corrected chi connectivity index (χ3v) is 2.67. The van der Waals surface area contributed by atoms with Crippen LogP contribution in [-0.2, 0) is 11.2 Å². The molecule has 0 fully saturated rings. The molecule has 1 aromatic heterocycles. The van der Waals surface area contributed by atoms with Gasteiger partial charge in [-0.1, -0.05) is 0 Å². The first-order valence-electron chi connectivity index (χ1n) is 6.44. The van der Waals surface area contributed by atoms with Gasteiger partial charge in [0.05, 0.1) is 6.42 Å². The molecule has 0 amide bonds. The summed E-state index contributed by atoms with van der Waals surface area (Å²) in [6.07, 6.45) is -11.0. The second-order valence-corrected chi connectivity index (χ2v) is 4.35. The van der Waals surface area contributed by atoms with Crippen LogP contribution in [0.25, 0.3) is 0 Å². The van der Waals surface area contributed by atoms with Crippen molar-refractivity contribution in [2.24, 2.45) is 0 Å². The number of hydrogen-bond donors (Lipinski definition) is 0. The summed E-state index contributed by atoms with van der Waals surface area (Å²) in [6, 6.07) is 0. The molecule has 0 saturated carbocycles. The largest absolute Gasteiger partial charge is 0.491 e. The molecule has 0 spiro atoms. The molecule has 0 aliphatic rings. The molecule has 1 heterocycles. The number of ether oxygens (including phenoxy) is 1. The third kappa shape index (κ3) is 5.57. The Bertz CT molecular complexity index is 555.